The number of aliphatic hydroxyl groups excluding tert-OH is 1. The molecule has 0 aliphatic heterocycles. The van der Waals surface area contributed by atoms with Gasteiger partial charge in [-0.1, -0.05) is 24.3 Å². The summed E-state index contributed by atoms with van der Waals surface area (Å²) in [6.07, 6.45) is 0. The number of amides is 1. The predicted octanol–water partition coefficient (Wildman–Crippen LogP) is 2.33. The van der Waals surface area contributed by atoms with Crippen molar-refractivity contribution in [2.75, 3.05) is 0 Å². The maximum absolute atomic E-state index is 12.1. The number of nitro benzene ring substituents is 1. The first kappa shape index (κ1) is 15.7. The molecule has 0 spiro atoms. The van der Waals surface area contributed by atoms with E-state index in [0.717, 1.165) is 11.1 Å². The molecular formula is C16H16N2O4. The molecule has 0 fully saturated rings. The highest BCUT2D eigenvalue weighted by Crippen LogP contribution is 2.17. The Morgan fingerprint density at radius 3 is 2.55 bits per heavy atom. The zero-order chi connectivity index (χ0) is 16.1. The third-order valence-electron chi connectivity index (χ3n) is 3.26. The molecule has 0 aliphatic carbocycles. The fourth-order valence-corrected chi connectivity index (χ4v) is 2.16. The molecule has 0 radical (unpaired) electrons. The summed E-state index contributed by atoms with van der Waals surface area (Å²) in [5.74, 6) is -0.389. The summed E-state index contributed by atoms with van der Waals surface area (Å²) in [6.45, 7) is 1.84. The van der Waals surface area contributed by atoms with Gasteiger partial charge in [-0.2, -0.15) is 0 Å². The minimum Gasteiger partial charge on any atom is -0.392 e. The second-order valence-corrected chi connectivity index (χ2v) is 4.92. The van der Waals surface area contributed by atoms with Gasteiger partial charge in [-0.15, -0.1) is 0 Å². The number of hydrogen-bond donors (Lipinski definition) is 2. The average Bonchev–Trinajstić information content (AvgIpc) is 2.52. The molecule has 114 valence electrons. The third-order valence-corrected chi connectivity index (χ3v) is 3.26. The molecule has 2 aromatic carbocycles. The number of nitro groups is 1. The quantitative estimate of drug-likeness (QED) is 0.654. The second kappa shape index (κ2) is 6.82. The Balaban J connectivity index is 2.14. The molecule has 0 saturated heterocycles. The largest absolute Gasteiger partial charge is 0.392 e. The predicted molar refractivity (Wildman–Crippen MR) is 81.4 cm³/mol. The van der Waals surface area contributed by atoms with E-state index in [-0.39, 0.29) is 30.3 Å². The summed E-state index contributed by atoms with van der Waals surface area (Å²) >= 11 is 0. The number of aliphatic hydroxyl groups is 1. The van der Waals surface area contributed by atoms with Crippen LogP contribution in [0.1, 0.15) is 27.0 Å². The maximum Gasteiger partial charge on any atom is 0.270 e. The molecular weight excluding hydrogens is 284 g/mol. The molecule has 0 bridgehead atoms. The number of rotatable bonds is 5. The highest BCUT2D eigenvalue weighted by Gasteiger charge is 2.13. The van der Waals surface area contributed by atoms with Gasteiger partial charge in [0.1, 0.15) is 0 Å². The van der Waals surface area contributed by atoms with Crippen molar-refractivity contribution in [2.24, 2.45) is 0 Å². The van der Waals surface area contributed by atoms with E-state index in [1.54, 1.807) is 25.1 Å². The van der Waals surface area contributed by atoms with Crippen LogP contribution < -0.4 is 5.32 Å². The topological polar surface area (TPSA) is 92.5 Å². The first-order valence-electron chi connectivity index (χ1n) is 6.73. The van der Waals surface area contributed by atoms with Gasteiger partial charge < -0.3 is 10.4 Å². The standard InChI is InChI=1S/C16H16N2O4/c1-11-6-14(8-15(7-11)18(21)22)16(20)17-9-12-4-2-3-5-13(12)10-19/h2-8,19H,9-10H2,1H3,(H,17,20). The average molecular weight is 300 g/mol. The minimum atomic E-state index is -0.523. The molecule has 0 aliphatic rings. The smallest absolute Gasteiger partial charge is 0.270 e. The SMILES string of the molecule is Cc1cc(C(=O)NCc2ccccc2CO)cc([N+](=O)[O-])c1. The third kappa shape index (κ3) is 3.67. The molecule has 6 heteroatoms. The van der Waals surface area contributed by atoms with E-state index in [1.807, 2.05) is 12.1 Å². The maximum atomic E-state index is 12.1. The Morgan fingerprint density at radius 1 is 1.23 bits per heavy atom. The van der Waals surface area contributed by atoms with E-state index in [9.17, 15) is 20.0 Å². The number of nitrogens with one attached hydrogen (secondary N) is 1. The van der Waals surface area contributed by atoms with Crippen molar-refractivity contribution in [3.05, 3.63) is 74.8 Å². The summed E-state index contributed by atoms with van der Waals surface area (Å²) in [7, 11) is 0. The summed E-state index contributed by atoms with van der Waals surface area (Å²) in [4.78, 5) is 22.5. The van der Waals surface area contributed by atoms with Crippen LogP contribution in [-0.4, -0.2) is 15.9 Å². The number of carbonyl (C=O) groups excluding carboxylic acids is 1. The molecule has 1 amide bonds. The molecule has 2 aromatic rings. The number of aryl methyl sites for hydroxylation is 1. The molecule has 0 atom stereocenters. The van der Waals surface area contributed by atoms with Crippen molar-refractivity contribution in [1.82, 2.24) is 5.32 Å². The van der Waals surface area contributed by atoms with E-state index in [0.29, 0.717) is 5.56 Å². The molecule has 0 saturated carbocycles. The van der Waals surface area contributed by atoms with Gasteiger partial charge in [0.2, 0.25) is 0 Å². The molecule has 2 N–H and O–H groups in total. The van der Waals surface area contributed by atoms with Crippen LogP contribution in [-0.2, 0) is 13.2 Å². The van der Waals surface area contributed by atoms with Gasteiger partial charge in [-0.05, 0) is 29.7 Å². The van der Waals surface area contributed by atoms with Crippen LogP contribution in [0.15, 0.2) is 42.5 Å². The highest BCUT2D eigenvalue weighted by molar-refractivity contribution is 5.95. The molecule has 6 nitrogen and oxygen atoms in total. The van der Waals surface area contributed by atoms with Gasteiger partial charge in [0.05, 0.1) is 11.5 Å². The van der Waals surface area contributed by atoms with E-state index in [2.05, 4.69) is 5.32 Å². The highest BCUT2D eigenvalue weighted by atomic mass is 16.6. The Morgan fingerprint density at radius 2 is 1.91 bits per heavy atom. The first-order valence-corrected chi connectivity index (χ1v) is 6.73. The number of hydrogen-bond acceptors (Lipinski definition) is 4. The van der Waals surface area contributed by atoms with Crippen molar-refractivity contribution in [3.63, 3.8) is 0 Å². The number of carbonyl (C=O) groups is 1. The minimum absolute atomic E-state index is 0.109. The lowest BCUT2D eigenvalue weighted by Crippen LogP contribution is -2.23. The van der Waals surface area contributed by atoms with E-state index >= 15 is 0 Å². The number of benzene rings is 2. The van der Waals surface area contributed by atoms with E-state index in [1.165, 1.54) is 12.1 Å². The molecule has 2 rings (SSSR count). The van der Waals surface area contributed by atoms with Crippen molar-refractivity contribution in [3.8, 4) is 0 Å². The van der Waals surface area contributed by atoms with Crippen LogP contribution >= 0.6 is 0 Å². The van der Waals surface area contributed by atoms with Crippen LogP contribution in [0.4, 0.5) is 5.69 Å². The van der Waals surface area contributed by atoms with Gasteiger partial charge in [0.25, 0.3) is 11.6 Å². The first-order chi connectivity index (χ1) is 10.5. The Labute approximate surface area is 127 Å². The molecule has 22 heavy (non-hydrogen) atoms. The van der Waals surface area contributed by atoms with Crippen LogP contribution in [0.5, 0.6) is 0 Å². The van der Waals surface area contributed by atoms with Gasteiger partial charge in [-0.25, -0.2) is 0 Å². The summed E-state index contributed by atoms with van der Waals surface area (Å²) in [6, 6.07) is 11.5. The van der Waals surface area contributed by atoms with Gasteiger partial charge in [-0.3, -0.25) is 14.9 Å². The fraction of sp³-hybridized carbons (Fsp3) is 0.188. The zero-order valence-electron chi connectivity index (χ0n) is 12.1. The van der Waals surface area contributed by atoms with E-state index in [4.69, 9.17) is 0 Å². The van der Waals surface area contributed by atoms with Crippen molar-refractivity contribution in [2.45, 2.75) is 20.1 Å². The van der Waals surface area contributed by atoms with Crippen LogP contribution in [0.3, 0.4) is 0 Å². The van der Waals surface area contributed by atoms with Gasteiger partial charge >= 0.3 is 0 Å². The molecule has 0 heterocycles. The summed E-state index contributed by atoms with van der Waals surface area (Å²) < 4.78 is 0. The summed E-state index contributed by atoms with van der Waals surface area (Å²) in [5.41, 5.74) is 2.32. The Kier molecular flexibility index (Phi) is 4.85. The second-order valence-electron chi connectivity index (χ2n) is 4.92. The van der Waals surface area contributed by atoms with Gasteiger partial charge in [0, 0.05) is 24.2 Å². The number of nitrogens with zero attached hydrogens (tertiary/aromatic N) is 1. The normalized spacial score (nSPS) is 10.3. The number of non-ortho nitro benzene ring substituents is 1. The van der Waals surface area contributed by atoms with Crippen LogP contribution in [0.25, 0.3) is 0 Å². The van der Waals surface area contributed by atoms with E-state index < -0.39 is 4.92 Å². The van der Waals surface area contributed by atoms with Crippen LogP contribution in [0, 0.1) is 17.0 Å². The lowest BCUT2D eigenvalue weighted by molar-refractivity contribution is -0.384. The molecule has 0 aromatic heterocycles. The van der Waals surface area contributed by atoms with Crippen molar-refractivity contribution >= 4 is 11.6 Å². The van der Waals surface area contributed by atoms with Gasteiger partial charge in [0.15, 0.2) is 0 Å². The fourth-order valence-electron chi connectivity index (χ4n) is 2.16. The summed E-state index contributed by atoms with van der Waals surface area (Å²) in [5, 5.41) is 22.8. The zero-order valence-corrected chi connectivity index (χ0v) is 12.1. The monoisotopic (exact) mass is 300 g/mol. The van der Waals surface area contributed by atoms with Crippen molar-refractivity contribution < 1.29 is 14.8 Å². The van der Waals surface area contributed by atoms with Crippen molar-refractivity contribution in [1.29, 1.82) is 0 Å². The Hall–Kier alpha value is -2.73. The molecule has 0 unspecified atom stereocenters. The van der Waals surface area contributed by atoms with Crippen LogP contribution in [0.2, 0.25) is 0 Å². The lowest BCUT2D eigenvalue weighted by atomic mass is 10.1. The lowest BCUT2D eigenvalue weighted by Gasteiger charge is -2.09. The Bertz CT molecular complexity index is 713.